The summed E-state index contributed by atoms with van der Waals surface area (Å²) < 4.78 is 1.28. The summed E-state index contributed by atoms with van der Waals surface area (Å²) in [5.74, 6) is 0. The molecule has 0 spiro atoms. The minimum atomic E-state index is 1.11. The van der Waals surface area contributed by atoms with Gasteiger partial charge in [0.05, 0.1) is 15.1 Å². The molecule has 0 unspecified atom stereocenters. The highest BCUT2D eigenvalue weighted by Gasteiger charge is 2.19. The topological polar surface area (TPSA) is 16.1 Å². The number of hydrogen-bond donors (Lipinski definition) is 0. The fraction of sp³-hybridized carbons (Fsp3) is 0.312. The highest BCUT2D eigenvalue weighted by molar-refractivity contribution is 7.25. The van der Waals surface area contributed by atoms with Gasteiger partial charge in [0.15, 0.2) is 0 Å². The summed E-state index contributed by atoms with van der Waals surface area (Å²) in [6.45, 7) is 5.70. The molecule has 3 heterocycles. The van der Waals surface area contributed by atoms with Gasteiger partial charge in [0.25, 0.3) is 0 Å². The van der Waals surface area contributed by atoms with Crippen LogP contribution in [0.5, 0.6) is 0 Å². The Balaban J connectivity index is 1.74. The number of thiophene rings is 1. The molecule has 0 fully saturated rings. The minimum absolute atomic E-state index is 1.11. The van der Waals surface area contributed by atoms with Crippen molar-refractivity contribution in [1.29, 1.82) is 0 Å². The van der Waals surface area contributed by atoms with Crippen molar-refractivity contribution in [3.8, 4) is 9.88 Å². The molecular formula is C16H16N2S2. The molecule has 0 bridgehead atoms. The van der Waals surface area contributed by atoms with Gasteiger partial charge in [0.2, 0.25) is 0 Å². The summed E-state index contributed by atoms with van der Waals surface area (Å²) in [5, 5.41) is 1.17. The molecule has 1 aliphatic heterocycles. The molecule has 102 valence electrons. The number of rotatable bonds is 2. The van der Waals surface area contributed by atoms with E-state index in [1.807, 2.05) is 11.3 Å². The molecule has 0 radical (unpaired) electrons. The Kier molecular flexibility index (Phi) is 3.10. The molecule has 2 aromatic heterocycles. The minimum Gasteiger partial charge on any atom is -0.298 e. The average molecular weight is 300 g/mol. The van der Waals surface area contributed by atoms with E-state index in [1.54, 1.807) is 11.3 Å². The Morgan fingerprint density at radius 2 is 2.15 bits per heavy atom. The number of fused-ring (bicyclic) bond motifs is 2. The normalized spacial score (nSPS) is 15.7. The van der Waals surface area contributed by atoms with Crippen molar-refractivity contribution in [3.63, 3.8) is 0 Å². The van der Waals surface area contributed by atoms with E-state index in [9.17, 15) is 0 Å². The Labute approximate surface area is 126 Å². The Bertz CT molecular complexity index is 724. The van der Waals surface area contributed by atoms with Crippen LogP contribution >= 0.6 is 22.7 Å². The number of likely N-dealkylation sites (N-methyl/N-ethyl adjacent to an activating group) is 1. The largest absolute Gasteiger partial charge is 0.298 e. The van der Waals surface area contributed by atoms with E-state index in [0.717, 1.165) is 18.6 Å². The van der Waals surface area contributed by atoms with Crippen LogP contribution in [0.3, 0.4) is 0 Å². The van der Waals surface area contributed by atoms with Crippen LogP contribution in [0, 0.1) is 0 Å². The van der Waals surface area contributed by atoms with Gasteiger partial charge in [-0.05, 0) is 36.7 Å². The van der Waals surface area contributed by atoms with Gasteiger partial charge >= 0.3 is 0 Å². The summed E-state index contributed by atoms with van der Waals surface area (Å²) in [7, 11) is 0. The molecule has 4 rings (SSSR count). The van der Waals surface area contributed by atoms with Crippen LogP contribution in [0.25, 0.3) is 20.1 Å². The van der Waals surface area contributed by atoms with Crippen LogP contribution in [0.2, 0.25) is 0 Å². The van der Waals surface area contributed by atoms with Gasteiger partial charge in [-0.15, -0.1) is 22.7 Å². The van der Waals surface area contributed by atoms with Gasteiger partial charge < -0.3 is 0 Å². The van der Waals surface area contributed by atoms with E-state index in [2.05, 4.69) is 42.2 Å². The van der Waals surface area contributed by atoms with Crippen LogP contribution in [-0.4, -0.2) is 23.0 Å². The van der Waals surface area contributed by atoms with Gasteiger partial charge in [0, 0.05) is 18.0 Å². The fourth-order valence-corrected chi connectivity index (χ4v) is 4.99. The molecule has 2 nitrogen and oxygen atoms in total. The van der Waals surface area contributed by atoms with Crippen molar-refractivity contribution in [1.82, 2.24) is 9.88 Å². The van der Waals surface area contributed by atoms with Crippen molar-refractivity contribution < 1.29 is 0 Å². The van der Waals surface area contributed by atoms with Crippen molar-refractivity contribution in [2.24, 2.45) is 0 Å². The molecule has 0 saturated heterocycles. The summed E-state index contributed by atoms with van der Waals surface area (Å²) in [5.41, 5.74) is 2.66. The zero-order valence-electron chi connectivity index (χ0n) is 11.4. The predicted molar refractivity (Wildman–Crippen MR) is 87.6 cm³/mol. The van der Waals surface area contributed by atoms with Gasteiger partial charge in [-0.25, -0.2) is 4.98 Å². The number of benzene rings is 1. The molecule has 0 saturated carbocycles. The summed E-state index contributed by atoms with van der Waals surface area (Å²) >= 11 is 3.74. The van der Waals surface area contributed by atoms with Gasteiger partial charge in [-0.3, -0.25) is 4.90 Å². The standard InChI is InChI=1S/C16H16N2S2/c1-2-18-8-7-11-9-14(19-15(11)10-18)16-17-12-5-3-4-6-13(12)20-16/h3-6,9H,2,7-8,10H2,1H3. The van der Waals surface area contributed by atoms with E-state index in [1.165, 1.54) is 38.0 Å². The molecule has 3 aromatic rings. The number of hydrogen-bond acceptors (Lipinski definition) is 4. The molecule has 0 atom stereocenters. The molecule has 0 amide bonds. The van der Waals surface area contributed by atoms with E-state index in [-0.39, 0.29) is 0 Å². The molecule has 0 N–H and O–H groups in total. The third kappa shape index (κ3) is 2.08. The maximum atomic E-state index is 4.78. The lowest BCUT2D eigenvalue weighted by Gasteiger charge is -2.24. The van der Waals surface area contributed by atoms with E-state index in [4.69, 9.17) is 4.98 Å². The molecule has 4 heteroatoms. The van der Waals surface area contributed by atoms with Gasteiger partial charge in [-0.1, -0.05) is 19.1 Å². The van der Waals surface area contributed by atoms with Crippen molar-refractivity contribution >= 4 is 32.9 Å². The first-order chi connectivity index (χ1) is 9.83. The second-order valence-corrected chi connectivity index (χ2v) is 7.33. The van der Waals surface area contributed by atoms with Crippen LogP contribution in [0.4, 0.5) is 0 Å². The van der Waals surface area contributed by atoms with Crippen molar-refractivity contribution in [3.05, 3.63) is 40.8 Å². The van der Waals surface area contributed by atoms with Gasteiger partial charge in [0.1, 0.15) is 5.01 Å². The first kappa shape index (κ1) is 12.5. The molecule has 1 aliphatic rings. The first-order valence-electron chi connectivity index (χ1n) is 7.03. The van der Waals surface area contributed by atoms with Crippen LogP contribution in [0.15, 0.2) is 30.3 Å². The predicted octanol–water partition coefficient (Wildman–Crippen LogP) is 4.40. The lowest BCUT2D eigenvalue weighted by molar-refractivity contribution is 0.271. The Morgan fingerprint density at radius 3 is 3.00 bits per heavy atom. The highest BCUT2D eigenvalue weighted by Crippen LogP contribution is 2.38. The van der Waals surface area contributed by atoms with E-state index >= 15 is 0 Å². The fourth-order valence-electron chi connectivity index (χ4n) is 2.73. The van der Waals surface area contributed by atoms with Crippen molar-refractivity contribution in [2.75, 3.05) is 13.1 Å². The smallest absolute Gasteiger partial charge is 0.134 e. The number of nitrogens with zero attached hydrogens (tertiary/aromatic N) is 2. The van der Waals surface area contributed by atoms with Crippen LogP contribution in [-0.2, 0) is 13.0 Å². The third-order valence-electron chi connectivity index (χ3n) is 3.91. The molecule has 20 heavy (non-hydrogen) atoms. The second-order valence-electron chi connectivity index (χ2n) is 5.16. The van der Waals surface area contributed by atoms with E-state index < -0.39 is 0 Å². The van der Waals surface area contributed by atoms with Crippen LogP contribution < -0.4 is 0 Å². The van der Waals surface area contributed by atoms with Crippen molar-refractivity contribution in [2.45, 2.75) is 19.9 Å². The summed E-state index contributed by atoms with van der Waals surface area (Å²) in [6, 6.07) is 10.8. The maximum absolute atomic E-state index is 4.78. The lowest BCUT2D eigenvalue weighted by atomic mass is 10.1. The highest BCUT2D eigenvalue weighted by atomic mass is 32.1. The Morgan fingerprint density at radius 1 is 1.25 bits per heavy atom. The quantitative estimate of drug-likeness (QED) is 0.697. The monoisotopic (exact) mass is 300 g/mol. The Hall–Kier alpha value is -1.23. The SMILES string of the molecule is CCN1CCc2cc(-c3nc4ccccc4s3)sc2C1. The average Bonchev–Trinajstić information content (AvgIpc) is 3.09. The lowest BCUT2D eigenvalue weighted by Crippen LogP contribution is -2.28. The molecule has 1 aromatic carbocycles. The molecule has 0 aliphatic carbocycles. The number of aromatic nitrogens is 1. The number of thiazole rings is 1. The zero-order chi connectivity index (χ0) is 13.5. The van der Waals surface area contributed by atoms with Crippen LogP contribution in [0.1, 0.15) is 17.4 Å². The first-order valence-corrected chi connectivity index (χ1v) is 8.66. The van der Waals surface area contributed by atoms with Gasteiger partial charge in [-0.2, -0.15) is 0 Å². The second kappa shape index (κ2) is 4.95. The number of para-hydroxylation sites is 1. The summed E-state index contributed by atoms with van der Waals surface area (Å²) in [6.07, 6.45) is 1.19. The van der Waals surface area contributed by atoms with E-state index in [0.29, 0.717) is 0 Å². The summed E-state index contributed by atoms with van der Waals surface area (Å²) in [4.78, 5) is 10.2. The third-order valence-corrected chi connectivity index (χ3v) is 6.28. The zero-order valence-corrected chi connectivity index (χ0v) is 13.1. The maximum Gasteiger partial charge on any atom is 0.134 e. The molecular weight excluding hydrogens is 284 g/mol.